The normalized spacial score (nSPS) is 12.6. The first kappa shape index (κ1) is 12.1. The van der Waals surface area contributed by atoms with Crippen molar-refractivity contribution in [2.45, 2.75) is 39.7 Å². The van der Waals surface area contributed by atoms with Crippen LogP contribution in [0.15, 0.2) is 12.1 Å². The van der Waals surface area contributed by atoms with Crippen LogP contribution < -0.4 is 4.74 Å². The zero-order valence-corrected chi connectivity index (χ0v) is 10.0. The fourth-order valence-corrected chi connectivity index (χ4v) is 1.90. The Morgan fingerprint density at radius 1 is 1.27 bits per heavy atom. The van der Waals surface area contributed by atoms with Gasteiger partial charge < -0.3 is 9.84 Å². The van der Waals surface area contributed by atoms with E-state index in [9.17, 15) is 5.11 Å². The molecule has 0 heterocycles. The first-order valence-electron chi connectivity index (χ1n) is 5.40. The summed E-state index contributed by atoms with van der Waals surface area (Å²) in [5, 5.41) is 9.59. The first-order chi connectivity index (χ1) is 7.08. The van der Waals surface area contributed by atoms with Crippen LogP contribution in [0.5, 0.6) is 5.75 Å². The summed E-state index contributed by atoms with van der Waals surface area (Å²) < 4.78 is 5.30. The molecule has 0 aliphatic carbocycles. The van der Waals surface area contributed by atoms with Crippen LogP contribution >= 0.6 is 0 Å². The molecular formula is C13H20O2. The molecule has 0 spiro atoms. The molecule has 0 fully saturated rings. The van der Waals surface area contributed by atoms with Gasteiger partial charge in [0.2, 0.25) is 0 Å². The number of methoxy groups -OCH3 is 1. The maximum absolute atomic E-state index is 9.59. The zero-order valence-electron chi connectivity index (χ0n) is 10.0. The van der Waals surface area contributed by atoms with Crippen LogP contribution in [-0.2, 0) is 6.42 Å². The van der Waals surface area contributed by atoms with E-state index in [0.717, 1.165) is 29.7 Å². The average Bonchev–Trinajstić information content (AvgIpc) is 2.17. The maximum atomic E-state index is 9.59. The van der Waals surface area contributed by atoms with Gasteiger partial charge in [0.05, 0.1) is 13.2 Å². The van der Waals surface area contributed by atoms with Gasteiger partial charge >= 0.3 is 0 Å². The lowest BCUT2D eigenvalue weighted by Crippen LogP contribution is -2.09. The number of benzene rings is 1. The van der Waals surface area contributed by atoms with E-state index < -0.39 is 0 Å². The molecule has 2 heteroatoms. The average molecular weight is 208 g/mol. The summed E-state index contributed by atoms with van der Waals surface area (Å²) in [4.78, 5) is 0. The van der Waals surface area contributed by atoms with Crippen molar-refractivity contribution in [2.24, 2.45) is 0 Å². The SMILES string of the molecule is CCC(O)Cc1cc(C)c(OC)c(C)c1. The molecule has 0 aliphatic rings. The van der Waals surface area contributed by atoms with Crippen LogP contribution in [0.1, 0.15) is 30.0 Å². The number of ether oxygens (including phenoxy) is 1. The van der Waals surface area contributed by atoms with Gasteiger partial charge in [-0.2, -0.15) is 0 Å². The van der Waals surface area contributed by atoms with Gasteiger partial charge in [-0.05, 0) is 43.4 Å². The van der Waals surface area contributed by atoms with E-state index in [1.807, 2.05) is 20.8 Å². The molecule has 1 aromatic carbocycles. The molecule has 0 saturated heterocycles. The van der Waals surface area contributed by atoms with Crippen LogP contribution in [0.3, 0.4) is 0 Å². The molecule has 1 unspecified atom stereocenters. The summed E-state index contributed by atoms with van der Waals surface area (Å²) in [5.41, 5.74) is 3.45. The molecule has 0 saturated carbocycles. The van der Waals surface area contributed by atoms with Gasteiger partial charge in [0.1, 0.15) is 5.75 Å². The lowest BCUT2D eigenvalue weighted by molar-refractivity contribution is 0.171. The predicted octanol–water partition coefficient (Wildman–Crippen LogP) is 2.63. The third-order valence-electron chi connectivity index (χ3n) is 2.67. The smallest absolute Gasteiger partial charge is 0.124 e. The van der Waals surface area contributed by atoms with Crippen molar-refractivity contribution in [3.05, 3.63) is 28.8 Å². The number of aryl methyl sites for hydroxylation is 2. The van der Waals surface area contributed by atoms with Crippen LogP contribution in [0.25, 0.3) is 0 Å². The molecule has 1 atom stereocenters. The van der Waals surface area contributed by atoms with E-state index in [1.165, 1.54) is 5.56 Å². The van der Waals surface area contributed by atoms with Crippen molar-refractivity contribution in [3.63, 3.8) is 0 Å². The second-order valence-electron chi connectivity index (χ2n) is 4.03. The third kappa shape index (κ3) is 2.96. The lowest BCUT2D eigenvalue weighted by atomic mass is 10.0. The summed E-state index contributed by atoms with van der Waals surface area (Å²) in [6, 6.07) is 4.18. The number of rotatable bonds is 4. The van der Waals surface area contributed by atoms with E-state index in [2.05, 4.69) is 12.1 Å². The quantitative estimate of drug-likeness (QED) is 0.824. The molecule has 0 bridgehead atoms. The number of aliphatic hydroxyl groups excluding tert-OH is 1. The van der Waals surface area contributed by atoms with Gasteiger partial charge in [0.15, 0.2) is 0 Å². The van der Waals surface area contributed by atoms with Crippen LogP contribution in [0, 0.1) is 13.8 Å². The molecule has 84 valence electrons. The Balaban J connectivity index is 2.93. The Hall–Kier alpha value is -1.02. The molecule has 0 amide bonds. The zero-order chi connectivity index (χ0) is 11.4. The monoisotopic (exact) mass is 208 g/mol. The number of hydrogen-bond acceptors (Lipinski definition) is 2. The van der Waals surface area contributed by atoms with Crippen molar-refractivity contribution in [1.82, 2.24) is 0 Å². The van der Waals surface area contributed by atoms with Crippen LogP contribution in [-0.4, -0.2) is 18.3 Å². The Kier molecular flexibility index (Phi) is 4.15. The minimum absolute atomic E-state index is 0.239. The molecular weight excluding hydrogens is 188 g/mol. The molecule has 15 heavy (non-hydrogen) atoms. The Bertz CT molecular complexity index is 308. The third-order valence-corrected chi connectivity index (χ3v) is 2.67. The molecule has 1 N–H and O–H groups in total. The topological polar surface area (TPSA) is 29.5 Å². The van der Waals surface area contributed by atoms with Gasteiger partial charge in [-0.15, -0.1) is 0 Å². The van der Waals surface area contributed by atoms with E-state index >= 15 is 0 Å². The summed E-state index contributed by atoms with van der Waals surface area (Å²) in [6.45, 7) is 6.06. The molecule has 2 nitrogen and oxygen atoms in total. The van der Waals surface area contributed by atoms with Crippen molar-refractivity contribution in [2.75, 3.05) is 7.11 Å². The van der Waals surface area contributed by atoms with E-state index in [1.54, 1.807) is 7.11 Å². The second-order valence-corrected chi connectivity index (χ2v) is 4.03. The lowest BCUT2D eigenvalue weighted by Gasteiger charge is -2.13. The minimum Gasteiger partial charge on any atom is -0.496 e. The summed E-state index contributed by atoms with van der Waals surface area (Å²) in [5.74, 6) is 0.949. The predicted molar refractivity (Wildman–Crippen MR) is 62.5 cm³/mol. The van der Waals surface area contributed by atoms with Gasteiger partial charge in [-0.3, -0.25) is 0 Å². The summed E-state index contributed by atoms with van der Waals surface area (Å²) in [6.07, 6.45) is 1.28. The Labute approximate surface area is 91.9 Å². The standard InChI is InChI=1S/C13H20O2/c1-5-12(14)8-11-6-9(2)13(15-4)10(3)7-11/h6-7,12,14H,5,8H2,1-4H3. The van der Waals surface area contributed by atoms with Gasteiger partial charge in [-0.1, -0.05) is 19.1 Å². The van der Waals surface area contributed by atoms with Crippen LogP contribution in [0.4, 0.5) is 0 Å². The highest BCUT2D eigenvalue weighted by molar-refractivity contribution is 5.43. The van der Waals surface area contributed by atoms with Crippen LogP contribution in [0.2, 0.25) is 0 Å². The molecule has 0 aromatic heterocycles. The second kappa shape index (κ2) is 5.17. The molecule has 0 radical (unpaired) electrons. The van der Waals surface area contributed by atoms with Crippen molar-refractivity contribution in [3.8, 4) is 5.75 Å². The van der Waals surface area contributed by atoms with Crippen molar-refractivity contribution in [1.29, 1.82) is 0 Å². The fraction of sp³-hybridized carbons (Fsp3) is 0.538. The van der Waals surface area contributed by atoms with Crippen molar-refractivity contribution < 1.29 is 9.84 Å². The molecule has 0 aliphatic heterocycles. The highest BCUT2D eigenvalue weighted by atomic mass is 16.5. The van der Waals surface area contributed by atoms with Crippen molar-refractivity contribution >= 4 is 0 Å². The number of hydrogen-bond donors (Lipinski definition) is 1. The fourth-order valence-electron chi connectivity index (χ4n) is 1.90. The first-order valence-corrected chi connectivity index (χ1v) is 5.40. The molecule has 1 aromatic rings. The highest BCUT2D eigenvalue weighted by Gasteiger charge is 2.08. The Morgan fingerprint density at radius 2 is 1.80 bits per heavy atom. The summed E-state index contributed by atoms with van der Waals surface area (Å²) >= 11 is 0. The van der Waals surface area contributed by atoms with E-state index in [4.69, 9.17) is 4.74 Å². The Morgan fingerprint density at radius 3 is 2.20 bits per heavy atom. The number of aliphatic hydroxyl groups is 1. The van der Waals surface area contributed by atoms with Gasteiger partial charge in [0.25, 0.3) is 0 Å². The summed E-state index contributed by atoms with van der Waals surface area (Å²) in [7, 11) is 1.69. The highest BCUT2D eigenvalue weighted by Crippen LogP contribution is 2.24. The largest absolute Gasteiger partial charge is 0.496 e. The van der Waals surface area contributed by atoms with E-state index in [0.29, 0.717) is 0 Å². The van der Waals surface area contributed by atoms with E-state index in [-0.39, 0.29) is 6.10 Å². The van der Waals surface area contributed by atoms with Gasteiger partial charge in [-0.25, -0.2) is 0 Å². The molecule has 1 rings (SSSR count). The maximum Gasteiger partial charge on any atom is 0.124 e. The minimum atomic E-state index is -0.239. The van der Waals surface area contributed by atoms with Gasteiger partial charge in [0, 0.05) is 0 Å².